The quantitative estimate of drug-likeness (QED) is 0.409. The lowest BCUT2D eigenvalue weighted by atomic mass is 10.0. The first-order valence-electron chi connectivity index (χ1n) is 11.2. The lowest BCUT2D eigenvalue weighted by Crippen LogP contribution is -2.32. The van der Waals surface area contributed by atoms with Crippen molar-refractivity contribution in [2.75, 3.05) is 18.4 Å². The summed E-state index contributed by atoms with van der Waals surface area (Å²) in [5.41, 5.74) is 2.98. The first kappa shape index (κ1) is 27.2. The monoisotopic (exact) mass is 512 g/mol. The molecule has 2 atom stereocenters. The summed E-state index contributed by atoms with van der Waals surface area (Å²) in [5.74, 6) is 0.120. The Morgan fingerprint density at radius 1 is 1.14 bits per heavy atom. The average molecular weight is 513 g/mol. The van der Waals surface area contributed by atoms with Crippen molar-refractivity contribution in [3.05, 3.63) is 89.0 Å². The van der Waals surface area contributed by atoms with E-state index < -0.39 is 16.1 Å². The number of benzene rings is 3. The van der Waals surface area contributed by atoms with E-state index in [-0.39, 0.29) is 43.2 Å². The highest BCUT2D eigenvalue weighted by Gasteiger charge is 2.22. The van der Waals surface area contributed by atoms with E-state index in [0.717, 1.165) is 11.1 Å². The van der Waals surface area contributed by atoms with Gasteiger partial charge in [-0.1, -0.05) is 37.8 Å². The summed E-state index contributed by atoms with van der Waals surface area (Å²) < 4.78 is 39.0. The molecule has 4 bridgehead atoms. The predicted octanol–water partition coefficient (Wildman–Crippen LogP) is 4.06. The normalized spacial score (nSPS) is 15.3. The van der Waals surface area contributed by atoms with Crippen molar-refractivity contribution in [2.24, 2.45) is 0 Å². The zero-order chi connectivity index (χ0) is 25.0. The number of nitrogens with one attached hydrogen (secondary N) is 2. The van der Waals surface area contributed by atoms with Crippen molar-refractivity contribution in [1.29, 1.82) is 0 Å². The van der Waals surface area contributed by atoms with Crippen LogP contribution in [0.4, 0.5) is 5.69 Å². The summed E-state index contributed by atoms with van der Waals surface area (Å²) in [6, 6.07) is 18.7. The number of rotatable bonds is 7. The molecule has 8 nitrogen and oxygen atoms in total. The van der Waals surface area contributed by atoms with Crippen LogP contribution in [-0.2, 0) is 27.8 Å². The van der Waals surface area contributed by atoms with Crippen LogP contribution in [0.1, 0.15) is 47.5 Å². The summed E-state index contributed by atoms with van der Waals surface area (Å²) in [6.07, 6.45) is -0.281. The Hall–Kier alpha value is -3.40. The molecule has 192 valence electrons. The SMILES string of the molecule is C.COC(=O)c1ccc(CC(C)NCC(O)c2ccc3cc2NS(=O)(=O)c2cccc(c2)CO3)cc1. The first-order valence-corrected chi connectivity index (χ1v) is 12.7. The largest absolute Gasteiger partial charge is 0.489 e. The molecule has 1 aliphatic heterocycles. The molecule has 0 aromatic heterocycles. The number of ether oxygens (including phenoxy) is 2. The smallest absolute Gasteiger partial charge is 0.337 e. The average Bonchev–Trinajstić information content (AvgIpc) is 2.85. The van der Waals surface area contributed by atoms with Crippen molar-refractivity contribution in [1.82, 2.24) is 5.32 Å². The molecule has 2 unspecified atom stereocenters. The van der Waals surface area contributed by atoms with E-state index in [2.05, 4.69) is 10.0 Å². The van der Waals surface area contributed by atoms with Gasteiger partial charge in [-0.2, -0.15) is 0 Å². The fraction of sp³-hybridized carbons (Fsp3) is 0.296. The number of fused-ring (bicyclic) bond motifs is 4. The van der Waals surface area contributed by atoms with E-state index in [1.807, 2.05) is 19.1 Å². The first-order chi connectivity index (χ1) is 16.7. The molecular formula is C27H32N2O6S. The van der Waals surface area contributed by atoms with Gasteiger partial charge in [0.25, 0.3) is 10.0 Å². The Morgan fingerprint density at radius 3 is 2.61 bits per heavy atom. The lowest BCUT2D eigenvalue weighted by molar-refractivity contribution is 0.0600. The summed E-state index contributed by atoms with van der Waals surface area (Å²) in [7, 11) is -2.48. The molecule has 3 N–H and O–H groups in total. The van der Waals surface area contributed by atoms with Gasteiger partial charge in [-0.25, -0.2) is 13.2 Å². The van der Waals surface area contributed by atoms with Crippen molar-refractivity contribution in [3.63, 3.8) is 0 Å². The van der Waals surface area contributed by atoms with Crippen LogP contribution in [0.25, 0.3) is 0 Å². The molecule has 1 heterocycles. The summed E-state index contributed by atoms with van der Waals surface area (Å²) >= 11 is 0. The topological polar surface area (TPSA) is 114 Å². The minimum absolute atomic E-state index is 0. The van der Waals surface area contributed by atoms with Gasteiger partial charge in [0.1, 0.15) is 12.4 Å². The van der Waals surface area contributed by atoms with Crippen LogP contribution >= 0.6 is 0 Å². The fourth-order valence-electron chi connectivity index (χ4n) is 3.92. The highest BCUT2D eigenvalue weighted by molar-refractivity contribution is 7.92. The number of aliphatic hydroxyl groups excluding tert-OH is 1. The van der Waals surface area contributed by atoms with Crippen LogP contribution in [0.2, 0.25) is 0 Å². The van der Waals surface area contributed by atoms with Gasteiger partial charge in [-0.3, -0.25) is 4.72 Å². The van der Waals surface area contributed by atoms with Crippen LogP contribution in [0, 0.1) is 0 Å². The standard InChI is InChI=1S/C26H28N2O6S.CH4/c1-17(12-18-6-8-20(9-7-18)26(30)33-2)27-15-25(29)23-11-10-21-14-24(23)28-35(31,32)22-5-3-4-19(13-22)16-34-21;/h3-11,13-14,17,25,27-29H,12,15-16H2,1-2H3;1H4. The minimum Gasteiger partial charge on any atom is -0.489 e. The van der Waals surface area contributed by atoms with Crippen LogP contribution in [0.5, 0.6) is 5.75 Å². The maximum absolute atomic E-state index is 12.9. The van der Waals surface area contributed by atoms with E-state index in [4.69, 9.17) is 9.47 Å². The Labute approximate surface area is 212 Å². The molecule has 0 fully saturated rings. The number of sulfonamides is 1. The third-order valence-electron chi connectivity index (χ3n) is 5.82. The Bertz CT molecular complexity index is 1310. The number of carbonyl (C=O) groups excluding carboxylic acids is 1. The molecule has 0 amide bonds. The number of hydrogen-bond acceptors (Lipinski definition) is 7. The van der Waals surface area contributed by atoms with Crippen molar-refractivity contribution in [3.8, 4) is 5.75 Å². The molecule has 4 rings (SSSR count). The van der Waals surface area contributed by atoms with Crippen molar-refractivity contribution < 1.29 is 27.8 Å². The second kappa shape index (κ2) is 11.6. The molecule has 0 spiro atoms. The van der Waals surface area contributed by atoms with Crippen LogP contribution in [0.15, 0.2) is 71.6 Å². The number of methoxy groups -OCH3 is 1. The van der Waals surface area contributed by atoms with Gasteiger partial charge < -0.3 is 19.9 Å². The highest BCUT2D eigenvalue weighted by atomic mass is 32.2. The van der Waals surface area contributed by atoms with Gasteiger partial charge in [0.2, 0.25) is 0 Å². The minimum atomic E-state index is -3.83. The molecule has 0 aliphatic carbocycles. The predicted molar refractivity (Wildman–Crippen MR) is 139 cm³/mol. The van der Waals surface area contributed by atoms with E-state index in [9.17, 15) is 18.3 Å². The number of anilines is 1. The van der Waals surface area contributed by atoms with Crippen LogP contribution in [-0.4, -0.2) is 39.2 Å². The molecule has 0 radical (unpaired) electrons. The third-order valence-corrected chi connectivity index (χ3v) is 7.18. The van der Waals surface area contributed by atoms with Crippen molar-refractivity contribution in [2.45, 2.75) is 44.4 Å². The molecule has 36 heavy (non-hydrogen) atoms. The number of carbonyl (C=O) groups is 1. The second-order valence-electron chi connectivity index (χ2n) is 8.51. The van der Waals surface area contributed by atoms with E-state index in [0.29, 0.717) is 23.3 Å². The summed E-state index contributed by atoms with van der Waals surface area (Å²) in [5, 5.41) is 14.2. The van der Waals surface area contributed by atoms with Gasteiger partial charge in [-0.05, 0) is 54.8 Å². The lowest BCUT2D eigenvalue weighted by Gasteiger charge is -2.22. The van der Waals surface area contributed by atoms with Gasteiger partial charge in [-0.15, -0.1) is 0 Å². The molecule has 0 saturated heterocycles. The second-order valence-corrected chi connectivity index (χ2v) is 10.2. The number of hydrogen-bond donors (Lipinski definition) is 3. The third kappa shape index (κ3) is 6.42. The zero-order valence-corrected chi connectivity index (χ0v) is 20.3. The molecule has 1 aliphatic rings. The van der Waals surface area contributed by atoms with E-state index in [1.165, 1.54) is 13.2 Å². The van der Waals surface area contributed by atoms with Crippen LogP contribution in [0.3, 0.4) is 0 Å². The van der Waals surface area contributed by atoms with Gasteiger partial charge in [0.05, 0.1) is 29.4 Å². The Kier molecular flexibility index (Phi) is 8.73. The maximum atomic E-state index is 12.9. The van der Waals surface area contributed by atoms with E-state index >= 15 is 0 Å². The summed E-state index contributed by atoms with van der Waals surface area (Å²) in [4.78, 5) is 11.7. The Balaban J connectivity index is 0.00000361. The van der Waals surface area contributed by atoms with Gasteiger partial charge in [0.15, 0.2) is 0 Å². The van der Waals surface area contributed by atoms with Crippen LogP contribution < -0.4 is 14.8 Å². The maximum Gasteiger partial charge on any atom is 0.337 e. The fourth-order valence-corrected chi connectivity index (χ4v) is 5.07. The number of esters is 1. The number of aliphatic hydroxyl groups is 1. The highest BCUT2D eigenvalue weighted by Crippen LogP contribution is 2.31. The molecule has 3 aromatic carbocycles. The molecule has 9 heteroatoms. The molecule has 0 saturated carbocycles. The zero-order valence-electron chi connectivity index (χ0n) is 19.5. The molecule has 3 aromatic rings. The van der Waals surface area contributed by atoms with Gasteiger partial charge >= 0.3 is 5.97 Å². The Morgan fingerprint density at radius 2 is 1.89 bits per heavy atom. The summed E-state index contributed by atoms with van der Waals surface area (Å²) in [6.45, 7) is 2.44. The molecular weight excluding hydrogens is 480 g/mol. The van der Waals surface area contributed by atoms with Gasteiger partial charge in [0, 0.05) is 24.2 Å². The van der Waals surface area contributed by atoms with E-state index in [1.54, 1.807) is 48.5 Å². The van der Waals surface area contributed by atoms with Crippen molar-refractivity contribution >= 4 is 21.7 Å².